The highest BCUT2D eigenvalue weighted by molar-refractivity contribution is 14.1. The molecule has 0 bridgehead atoms. The molecular formula is C25H22BrIN2O4S. The van der Waals surface area contributed by atoms with Crippen LogP contribution < -0.4 is 19.6 Å². The maximum atomic E-state index is 13.7. The molecule has 1 atom stereocenters. The number of allylic oxidation sites excluding steroid dienone is 1. The highest BCUT2D eigenvalue weighted by atomic mass is 127. The van der Waals surface area contributed by atoms with E-state index in [9.17, 15) is 9.59 Å². The number of benzene rings is 2. The lowest BCUT2D eigenvalue weighted by molar-refractivity contribution is -0.136. The molecule has 2 aromatic carbocycles. The van der Waals surface area contributed by atoms with Crippen LogP contribution in [0, 0.1) is 3.57 Å². The zero-order valence-electron chi connectivity index (χ0n) is 18.8. The van der Waals surface area contributed by atoms with E-state index in [1.165, 1.54) is 18.4 Å². The van der Waals surface area contributed by atoms with Crippen LogP contribution in [-0.2, 0) is 9.53 Å². The Kier molecular flexibility index (Phi) is 7.73. The molecule has 0 amide bonds. The number of fused-ring (bicyclic) bond motifs is 1. The van der Waals surface area contributed by atoms with Crippen molar-refractivity contribution in [3.05, 3.63) is 92.6 Å². The molecule has 4 rings (SSSR count). The number of hydrogen-bond acceptors (Lipinski definition) is 6. The smallest absolute Gasteiger partial charge is 0.338 e. The molecule has 0 saturated heterocycles. The predicted octanol–water partition coefficient (Wildman–Crippen LogP) is 4.56. The quantitative estimate of drug-likeness (QED) is 0.289. The van der Waals surface area contributed by atoms with Gasteiger partial charge in [0.2, 0.25) is 0 Å². The summed E-state index contributed by atoms with van der Waals surface area (Å²) in [7, 11) is 1.35. The highest BCUT2D eigenvalue weighted by Crippen LogP contribution is 2.32. The maximum Gasteiger partial charge on any atom is 0.338 e. The summed E-state index contributed by atoms with van der Waals surface area (Å²) in [6, 6.07) is 12.8. The fraction of sp³-hybridized carbons (Fsp3) is 0.240. The fourth-order valence-corrected chi connectivity index (χ4v) is 6.66. The van der Waals surface area contributed by atoms with Crippen molar-refractivity contribution in [3.8, 4) is 5.75 Å². The van der Waals surface area contributed by atoms with Crippen LogP contribution in [0.4, 0.5) is 0 Å². The predicted molar refractivity (Wildman–Crippen MR) is 145 cm³/mol. The zero-order valence-corrected chi connectivity index (χ0v) is 23.4. The molecule has 0 N–H and O–H groups in total. The molecule has 0 spiro atoms. The van der Waals surface area contributed by atoms with E-state index >= 15 is 0 Å². The minimum atomic E-state index is -0.615. The number of thiazole rings is 1. The minimum Gasteiger partial charge on any atom is -0.492 e. The van der Waals surface area contributed by atoms with Crippen LogP contribution in [0.1, 0.15) is 37.4 Å². The van der Waals surface area contributed by atoms with E-state index in [2.05, 4.69) is 38.5 Å². The van der Waals surface area contributed by atoms with Crippen molar-refractivity contribution in [3.63, 3.8) is 0 Å². The second kappa shape index (κ2) is 10.6. The van der Waals surface area contributed by atoms with Crippen molar-refractivity contribution in [2.75, 3.05) is 13.7 Å². The number of methoxy groups -OCH3 is 1. The molecule has 6 nitrogen and oxygen atoms in total. The van der Waals surface area contributed by atoms with E-state index in [0.717, 1.165) is 24.9 Å². The molecular weight excluding hydrogens is 631 g/mol. The first-order valence-electron chi connectivity index (χ1n) is 10.7. The molecule has 34 heavy (non-hydrogen) atoms. The zero-order chi connectivity index (χ0) is 24.4. The van der Waals surface area contributed by atoms with Crippen LogP contribution in [0.25, 0.3) is 6.08 Å². The number of carbonyl (C=O) groups is 1. The van der Waals surface area contributed by atoms with Gasteiger partial charge in [0.1, 0.15) is 5.75 Å². The lowest BCUT2D eigenvalue weighted by atomic mass is 9.95. The van der Waals surface area contributed by atoms with E-state index in [1.54, 1.807) is 4.57 Å². The minimum absolute atomic E-state index is 0.216. The van der Waals surface area contributed by atoms with Gasteiger partial charge in [0.25, 0.3) is 5.56 Å². The molecule has 0 aliphatic carbocycles. The van der Waals surface area contributed by atoms with E-state index < -0.39 is 12.0 Å². The van der Waals surface area contributed by atoms with Gasteiger partial charge in [0.15, 0.2) is 4.80 Å². The summed E-state index contributed by atoms with van der Waals surface area (Å²) in [4.78, 5) is 31.9. The van der Waals surface area contributed by atoms with Gasteiger partial charge in [0.05, 0.1) is 39.1 Å². The summed E-state index contributed by atoms with van der Waals surface area (Å²) in [5.74, 6) is 0.241. The van der Waals surface area contributed by atoms with Gasteiger partial charge < -0.3 is 9.47 Å². The van der Waals surface area contributed by atoms with Gasteiger partial charge in [-0.3, -0.25) is 9.36 Å². The second-order valence-corrected chi connectivity index (χ2v) is 10.5. The highest BCUT2D eigenvalue weighted by Gasteiger charge is 2.33. The van der Waals surface area contributed by atoms with Crippen LogP contribution in [0.15, 0.2) is 68.0 Å². The summed E-state index contributed by atoms with van der Waals surface area (Å²) in [5, 5.41) is 0. The number of carbonyl (C=O) groups excluding carboxylic acids is 1. The van der Waals surface area contributed by atoms with Crippen molar-refractivity contribution in [2.45, 2.75) is 26.3 Å². The normalized spacial score (nSPS) is 15.7. The lowest BCUT2D eigenvalue weighted by Gasteiger charge is -2.25. The third-order valence-electron chi connectivity index (χ3n) is 5.38. The van der Waals surface area contributed by atoms with Crippen molar-refractivity contribution in [1.82, 2.24) is 4.57 Å². The number of hydrogen-bond donors (Lipinski definition) is 0. The first kappa shape index (κ1) is 24.9. The molecule has 2 heterocycles. The van der Waals surface area contributed by atoms with Crippen LogP contribution in [0.2, 0.25) is 0 Å². The number of halogens is 2. The third kappa shape index (κ3) is 4.65. The average Bonchev–Trinajstić information content (AvgIpc) is 3.14. The molecule has 0 radical (unpaired) electrons. The van der Waals surface area contributed by atoms with Gasteiger partial charge in [0, 0.05) is 10.0 Å². The van der Waals surface area contributed by atoms with E-state index in [-0.39, 0.29) is 5.56 Å². The first-order chi connectivity index (χ1) is 16.4. The number of nitrogens with zero attached hydrogens (tertiary/aromatic N) is 2. The van der Waals surface area contributed by atoms with Crippen LogP contribution >= 0.6 is 49.9 Å². The lowest BCUT2D eigenvalue weighted by Crippen LogP contribution is -2.40. The van der Waals surface area contributed by atoms with Crippen LogP contribution in [0.5, 0.6) is 5.75 Å². The number of rotatable bonds is 6. The number of aromatic nitrogens is 1. The maximum absolute atomic E-state index is 13.7. The largest absolute Gasteiger partial charge is 0.492 e. The van der Waals surface area contributed by atoms with Gasteiger partial charge in [-0.05, 0) is 59.7 Å². The molecule has 0 unspecified atom stereocenters. The van der Waals surface area contributed by atoms with Crippen molar-refractivity contribution in [2.24, 2.45) is 4.99 Å². The van der Waals surface area contributed by atoms with E-state index in [4.69, 9.17) is 14.5 Å². The molecule has 1 aliphatic rings. The monoisotopic (exact) mass is 652 g/mol. The topological polar surface area (TPSA) is 69.9 Å². The Hall–Kier alpha value is -2.24. The molecule has 1 aromatic heterocycles. The molecule has 0 saturated carbocycles. The Morgan fingerprint density at radius 3 is 2.65 bits per heavy atom. The van der Waals surface area contributed by atoms with Gasteiger partial charge in [-0.15, -0.1) is 0 Å². The molecule has 9 heteroatoms. The first-order valence-corrected chi connectivity index (χ1v) is 13.4. The standard InChI is InChI=1S/C25H22BrIN2O4S/c1-4-18-20(24(31)32-3)21(14-9-7-6-8-10-14)29-23(30)19(34-25(29)28-18)12-15-11-16(26)13-17(27)22(15)33-5-2/h6-13,21H,4-5H2,1-3H3/b19-12+/t21-/m1/s1. The SMILES string of the molecule is CCOc1c(I)cc(Br)cc1/C=c1/sc2n(c1=O)[C@H](c1ccccc1)C(C(=O)OC)=C(CC)N=2. The van der Waals surface area contributed by atoms with Crippen LogP contribution in [0.3, 0.4) is 0 Å². The second-order valence-electron chi connectivity index (χ2n) is 7.44. The van der Waals surface area contributed by atoms with E-state index in [0.29, 0.717) is 33.6 Å². The van der Waals surface area contributed by atoms with Gasteiger partial charge >= 0.3 is 5.97 Å². The summed E-state index contributed by atoms with van der Waals surface area (Å²) < 4.78 is 14.9. The Bertz CT molecular complexity index is 1460. The van der Waals surface area contributed by atoms with Gasteiger partial charge in [-0.25, -0.2) is 9.79 Å². The molecule has 176 valence electrons. The summed E-state index contributed by atoms with van der Waals surface area (Å²) in [6.07, 6.45) is 2.37. The summed E-state index contributed by atoms with van der Waals surface area (Å²) in [6.45, 7) is 4.38. The summed E-state index contributed by atoms with van der Waals surface area (Å²) in [5.41, 5.74) is 2.42. The van der Waals surface area contributed by atoms with Crippen molar-refractivity contribution >= 4 is 61.9 Å². The molecule has 0 fully saturated rings. The molecule has 1 aliphatic heterocycles. The van der Waals surface area contributed by atoms with Gasteiger partial charge in [-0.2, -0.15) is 0 Å². The Morgan fingerprint density at radius 1 is 1.26 bits per heavy atom. The fourth-order valence-electron chi connectivity index (χ4n) is 3.94. The van der Waals surface area contributed by atoms with E-state index in [1.807, 2.05) is 62.4 Å². The van der Waals surface area contributed by atoms with Crippen LogP contribution in [-0.4, -0.2) is 24.3 Å². The number of ether oxygens (including phenoxy) is 2. The van der Waals surface area contributed by atoms with Crippen molar-refractivity contribution < 1.29 is 14.3 Å². The summed E-state index contributed by atoms with van der Waals surface area (Å²) >= 11 is 7.07. The Morgan fingerprint density at radius 2 is 2.00 bits per heavy atom. The third-order valence-corrected chi connectivity index (χ3v) is 7.62. The van der Waals surface area contributed by atoms with Crippen molar-refractivity contribution in [1.29, 1.82) is 0 Å². The number of esters is 1. The molecule has 3 aromatic rings. The van der Waals surface area contributed by atoms with Gasteiger partial charge in [-0.1, -0.05) is 64.5 Å². The Labute approximate surface area is 222 Å². The average molecular weight is 653 g/mol. The Balaban J connectivity index is 2.01.